The first-order valence-electron chi connectivity index (χ1n) is 5.56. The van der Waals surface area contributed by atoms with Gasteiger partial charge in [0, 0.05) is 7.05 Å². The average Bonchev–Trinajstić information content (AvgIpc) is 2.45. The Morgan fingerprint density at radius 1 is 0.889 bits per heavy atom. The molecule has 0 aliphatic rings. The summed E-state index contributed by atoms with van der Waals surface area (Å²) < 4.78 is 0. The predicted octanol–water partition coefficient (Wildman–Crippen LogP) is 3.73. The van der Waals surface area contributed by atoms with Crippen LogP contribution in [-0.4, -0.2) is 13.4 Å². The van der Waals surface area contributed by atoms with E-state index in [1.54, 1.807) is 5.01 Å². The lowest BCUT2D eigenvalue weighted by molar-refractivity contribution is 1.02. The van der Waals surface area contributed by atoms with Crippen LogP contribution in [0, 0.1) is 0 Å². The van der Waals surface area contributed by atoms with Gasteiger partial charge in [0.15, 0.2) is 0 Å². The van der Waals surface area contributed by atoms with E-state index in [9.17, 15) is 0 Å². The standard InChI is InChI=1S/C14H13N4/c1-18(14-10-6-3-7-11-14)16-12-15-17-13-8-4-2-5-9-13/h2-11H,1H3. The molecule has 0 heterocycles. The van der Waals surface area contributed by atoms with E-state index < -0.39 is 0 Å². The van der Waals surface area contributed by atoms with Gasteiger partial charge in [0.1, 0.15) is 0 Å². The molecular weight excluding hydrogens is 224 g/mol. The maximum Gasteiger partial charge on any atom is 0.242 e. The van der Waals surface area contributed by atoms with Gasteiger partial charge >= 0.3 is 0 Å². The van der Waals surface area contributed by atoms with E-state index in [1.807, 2.05) is 67.7 Å². The van der Waals surface area contributed by atoms with Crippen molar-refractivity contribution in [2.75, 3.05) is 12.1 Å². The van der Waals surface area contributed by atoms with Gasteiger partial charge in [-0.15, -0.1) is 15.3 Å². The lowest BCUT2D eigenvalue weighted by Crippen LogP contribution is -2.07. The molecule has 2 aromatic rings. The number of rotatable bonds is 4. The largest absolute Gasteiger partial charge is 0.266 e. The third kappa shape index (κ3) is 3.52. The summed E-state index contributed by atoms with van der Waals surface area (Å²) >= 11 is 0. The second kappa shape index (κ2) is 6.30. The van der Waals surface area contributed by atoms with Crippen molar-refractivity contribution >= 4 is 17.7 Å². The molecule has 0 amide bonds. The molecule has 2 rings (SSSR count). The highest BCUT2D eigenvalue weighted by Gasteiger charge is 1.94. The monoisotopic (exact) mass is 237 g/mol. The van der Waals surface area contributed by atoms with Crippen molar-refractivity contribution in [3.8, 4) is 0 Å². The molecule has 0 saturated carbocycles. The molecule has 18 heavy (non-hydrogen) atoms. The number of hydrazone groups is 1. The highest BCUT2D eigenvalue weighted by Crippen LogP contribution is 2.11. The summed E-state index contributed by atoms with van der Waals surface area (Å²) in [6.45, 7) is 0. The Bertz CT molecular complexity index is 520. The third-order valence-corrected chi connectivity index (χ3v) is 2.29. The fourth-order valence-corrected chi connectivity index (χ4v) is 1.36. The zero-order valence-electron chi connectivity index (χ0n) is 10.1. The van der Waals surface area contributed by atoms with E-state index in [-0.39, 0.29) is 0 Å². The van der Waals surface area contributed by atoms with E-state index >= 15 is 0 Å². The fraction of sp³-hybridized carbons (Fsp3) is 0.0714. The van der Waals surface area contributed by atoms with Crippen molar-refractivity contribution in [1.29, 1.82) is 0 Å². The van der Waals surface area contributed by atoms with Gasteiger partial charge in [-0.05, 0) is 24.3 Å². The summed E-state index contributed by atoms with van der Waals surface area (Å²) in [6, 6.07) is 19.2. The molecule has 0 fully saturated rings. The van der Waals surface area contributed by atoms with E-state index in [0.717, 1.165) is 11.4 Å². The van der Waals surface area contributed by atoms with Crippen LogP contribution in [0.25, 0.3) is 0 Å². The molecule has 1 radical (unpaired) electrons. The van der Waals surface area contributed by atoms with Gasteiger partial charge < -0.3 is 0 Å². The first-order chi connectivity index (χ1) is 8.86. The average molecular weight is 237 g/mol. The summed E-state index contributed by atoms with van der Waals surface area (Å²) in [6.07, 6.45) is 2.54. The summed E-state index contributed by atoms with van der Waals surface area (Å²) in [5, 5.41) is 13.5. The van der Waals surface area contributed by atoms with E-state index in [1.165, 1.54) is 0 Å². The van der Waals surface area contributed by atoms with Gasteiger partial charge in [0.25, 0.3) is 0 Å². The van der Waals surface area contributed by atoms with Crippen molar-refractivity contribution in [3.63, 3.8) is 0 Å². The Kier molecular flexibility index (Phi) is 4.19. The molecule has 2 aromatic carbocycles. The number of benzene rings is 2. The van der Waals surface area contributed by atoms with Gasteiger partial charge in [-0.3, -0.25) is 5.01 Å². The number of anilines is 1. The molecule has 0 atom stereocenters. The summed E-state index contributed by atoms with van der Waals surface area (Å²) in [5.74, 6) is 0. The van der Waals surface area contributed by atoms with Crippen LogP contribution in [0.4, 0.5) is 11.4 Å². The Hall–Kier alpha value is -2.49. The first-order valence-corrected chi connectivity index (χ1v) is 5.56. The van der Waals surface area contributed by atoms with Crippen molar-refractivity contribution in [2.24, 2.45) is 15.3 Å². The summed E-state index contributed by atoms with van der Waals surface area (Å²) in [7, 11) is 1.83. The van der Waals surface area contributed by atoms with Crippen molar-refractivity contribution in [2.45, 2.75) is 0 Å². The predicted molar refractivity (Wildman–Crippen MR) is 73.2 cm³/mol. The minimum Gasteiger partial charge on any atom is -0.266 e. The fourth-order valence-electron chi connectivity index (χ4n) is 1.36. The van der Waals surface area contributed by atoms with Crippen LogP contribution in [0.15, 0.2) is 76.0 Å². The second-order valence-electron chi connectivity index (χ2n) is 3.59. The van der Waals surface area contributed by atoms with Crippen LogP contribution in [0.1, 0.15) is 0 Å². The number of para-hydroxylation sites is 1. The zero-order valence-corrected chi connectivity index (χ0v) is 10.1. The lowest BCUT2D eigenvalue weighted by atomic mass is 10.3. The second-order valence-corrected chi connectivity index (χ2v) is 3.59. The highest BCUT2D eigenvalue weighted by atomic mass is 15.4. The molecule has 0 aliphatic heterocycles. The van der Waals surface area contributed by atoms with Crippen LogP contribution in [0.5, 0.6) is 0 Å². The van der Waals surface area contributed by atoms with Gasteiger partial charge in [-0.25, -0.2) is 0 Å². The maximum atomic E-state index is 4.03. The quantitative estimate of drug-likeness (QED) is 0.345. The SMILES string of the molecule is CN(N=[C]N=Nc1ccccc1)c1ccccc1. The Morgan fingerprint density at radius 3 is 2.17 bits per heavy atom. The smallest absolute Gasteiger partial charge is 0.242 e. The number of hydrogen-bond donors (Lipinski definition) is 0. The van der Waals surface area contributed by atoms with Crippen molar-refractivity contribution < 1.29 is 0 Å². The maximum absolute atomic E-state index is 4.03. The Balaban J connectivity index is 1.94. The zero-order chi connectivity index (χ0) is 12.6. The molecule has 0 saturated heterocycles. The molecule has 0 spiro atoms. The number of azo groups is 1. The van der Waals surface area contributed by atoms with Gasteiger partial charge in [-0.1, -0.05) is 36.4 Å². The van der Waals surface area contributed by atoms with Crippen LogP contribution >= 0.6 is 0 Å². The Morgan fingerprint density at radius 2 is 1.50 bits per heavy atom. The van der Waals surface area contributed by atoms with Crippen LogP contribution in [0.2, 0.25) is 0 Å². The van der Waals surface area contributed by atoms with Crippen molar-refractivity contribution in [1.82, 2.24) is 0 Å². The number of hydrogen-bond acceptors (Lipinski definition) is 3. The number of nitrogens with zero attached hydrogens (tertiary/aromatic N) is 4. The van der Waals surface area contributed by atoms with Crippen LogP contribution in [-0.2, 0) is 0 Å². The Labute approximate surface area is 106 Å². The molecule has 4 heteroatoms. The molecule has 0 unspecified atom stereocenters. The van der Waals surface area contributed by atoms with E-state index in [2.05, 4.69) is 21.7 Å². The molecule has 0 bridgehead atoms. The van der Waals surface area contributed by atoms with Gasteiger partial charge in [-0.2, -0.15) is 0 Å². The molecule has 0 aliphatic carbocycles. The summed E-state index contributed by atoms with van der Waals surface area (Å²) in [5.41, 5.74) is 1.75. The molecule has 0 aromatic heterocycles. The van der Waals surface area contributed by atoms with Gasteiger partial charge in [0.2, 0.25) is 6.34 Å². The minimum atomic E-state index is 0.780. The summed E-state index contributed by atoms with van der Waals surface area (Å²) in [4.78, 5) is 0. The van der Waals surface area contributed by atoms with Crippen LogP contribution in [0.3, 0.4) is 0 Å². The van der Waals surface area contributed by atoms with Crippen LogP contribution < -0.4 is 5.01 Å². The lowest BCUT2D eigenvalue weighted by Gasteiger charge is -2.10. The highest BCUT2D eigenvalue weighted by molar-refractivity contribution is 5.58. The third-order valence-electron chi connectivity index (χ3n) is 2.29. The van der Waals surface area contributed by atoms with Gasteiger partial charge in [0.05, 0.1) is 11.4 Å². The minimum absolute atomic E-state index is 0.780. The first kappa shape index (κ1) is 12.0. The molecule has 0 N–H and O–H groups in total. The topological polar surface area (TPSA) is 40.3 Å². The molecule has 4 nitrogen and oxygen atoms in total. The molecule has 89 valence electrons. The van der Waals surface area contributed by atoms with E-state index in [4.69, 9.17) is 0 Å². The normalized spacial score (nSPS) is 11.2. The van der Waals surface area contributed by atoms with Crippen molar-refractivity contribution in [3.05, 3.63) is 60.7 Å². The molecular formula is C14H13N4. The van der Waals surface area contributed by atoms with E-state index in [0.29, 0.717) is 0 Å².